The summed E-state index contributed by atoms with van der Waals surface area (Å²) in [4.78, 5) is 9.61. The molecule has 4 heteroatoms. The highest BCUT2D eigenvalue weighted by Gasteiger charge is 2.29. The number of rotatable bonds is 8. The van der Waals surface area contributed by atoms with Crippen LogP contribution in [0.1, 0.15) is 107 Å². The zero-order chi connectivity index (χ0) is 20.8. The van der Waals surface area contributed by atoms with Crippen LogP contribution in [0, 0.1) is 0 Å². The minimum atomic E-state index is -0.558. The van der Waals surface area contributed by atoms with Crippen LogP contribution < -0.4 is 4.74 Å². The summed E-state index contributed by atoms with van der Waals surface area (Å²) in [5, 5.41) is 11.3. The van der Waals surface area contributed by atoms with E-state index < -0.39 is 6.10 Å². The van der Waals surface area contributed by atoms with E-state index >= 15 is 0 Å². The first kappa shape index (κ1) is 21.8. The second-order valence-corrected chi connectivity index (χ2v) is 8.89. The van der Waals surface area contributed by atoms with Crippen LogP contribution in [-0.4, -0.2) is 21.2 Å². The van der Waals surface area contributed by atoms with Crippen LogP contribution in [0.3, 0.4) is 0 Å². The van der Waals surface area contributed by atoms with Crippen molar-refractivity contribution < 1.29 is 9.84 Å². The molecule has 1 N–H and O–H groups in total. The summed E-state index contributed by atoms with van der Waals surface area (Å²) >= 11 is 0. The van der Waals surface area contributed by atoms with Crippen molar-refractivity contribution in [3.05, 3.63) is 52.8 Å². The molecule has 158 valence electrons. The summed E-state index contributed by atoms with van der Waals surface area (Å²) < 4.78 is 5.90. The predicted octanol–water partition coefficient (Wildman–Crippen LogP) is 6.10. The van der Waals surface area contributed by atoms with Crippen molar-refractivity contribution in [2.75, 3.05) is 0 Å². The summed E-state index contributed by atoms with van der Waals surface area (Å²) in [6, 6.07) is 10.8. The van der Waals surface area contributed by atoms with E-state index in [1.165, 1.54) is 24.8 Å². The van der Waals surface area contributed by atoms with Gasteiger partial charge in [0.25, 0.3) is 0 Å². The molecule has 1 fully saturated rings. The molecule has 0 radical (unpaired) electrons. The summed E-state index contributed by atoms with van der Waals surface area (Å²) in [5.41, 5.74) is 4.17. The Bertz CT molecular complexity index is 768. The van der Waals surface area contributed by atoms with Gasteiger partial charge in [-0.2, -0.15) is 9.97 Å². The molecule has 1 aromatic carbocycles. The quantitative estimate of drug-likeness (QED) is 0.585. The molecular formula is C25H36N2O2. The molecule has 0 bridgehead atoms. The molecular weight excluding hydrogens is 360 g/mol. The lowest BCUT2D eigenvalue weighted by atomic mass is 9.82. The number of aliphatic hydroxyl groups excluding tert-OH is 1. The van der Waals surface area contributed by atoms with Crippen molar-refractivity contribution in [2.24, 2.45) is 0 Å². The highest BCUT2D eigenvalue weighted by atomic mass is 16.5. The number of hydrogen-bond acceptors (Lipinski definition) is 4. The van der Waals surface area contributed by atoms with E-state index in [4.69, 9.17) is 14.7 Å². The van der Waals surface area contributed by atoms with Crippen molar-refractivity contribution in [3.63, 3.8) is 0 Å². The first-order chi connectivity index (χ1) is 14.0. The van der Waals surface area contributed by atoms with Gasteiger partial charge in [-0.1, -0.05) is 63.4 Å². The van der Waals surface area contributed by atoms with Crippen LogP contribution in [0.25, 0.3) is 0 Å². The van der Waals surface area contributed by atoms with Gasteiger partial charge in [-0.3, -0.25) is 0 Å². The van der Waals surface area contributed by atoms with E-state index in [2.05, 4.69) is 38.1 Å². The summed E-state index contributed by atoms with van der Waals surface area (Å²) in [7, 11) is 0. The lowest BCUT2D eigenvalue weighted by Gasteiger charge is -2.28. The monoisotopic (exact) mass is 396 g/mol. The normalized spacial score (nSPS) is 16.4. The molecule has 2 aromatic rings. The van der Waals surface area contributed by atoms with Crippen molar-refractivity contribution in [2.45, 2.75) is 96.7 Å². The van der Waals surface area contributed by atoms with Gasteiger partial charge in [-0.25, -0.2) is 0 Å². The van der Waals surface area contributed by atoms with E-state index in [-0.39, 0.29) is 12.0 Å². The van der Waals surface area contributed by atoms with E-state index in [0.29, 0.717) is 18.3 Å². The number of ether oxygens (including phenoxy) is 1. The number of aromatic nitrogens is 2. The second kappa shape index (κ2) is 10.2. The molecule has 0 amide bonds. The number of nitrogens with zero attached hydrogens (tertiary/aromatic N) is 2. The third-order valence-electron chi connectivity index (χ3n) is 5.75. The highest BCUT2D eigenvalue weighted by molar-refractivity contribution is 5.35. The highest BCUT2D eigenvalue weighted by Crippen LogP contribution is 2.39. The second-order valence-electron chi connectivity index (χ2n) is 8.89. The Kier molecular flexibility index (Phi) is 7.65. The molecule has 29 heavy (non-hydrogen) atoms. The minimum absolute atomic E-state index is 0.0306. The fourth-order valence-corrected chi connectivity index (χ4v) is 4.31. The van der Waals surface area contributed by atoms with E-state index in [1.54, 1.807) is 0 Å². The maximum Gasteiger partial charge on any atom is 0.317 e. The van der Waals surface area contributed by atoms with Crippen LogP contribution in [0.5, 0.6) is 6.01 Å². The molecule has 1 saturated carbocycles. The minimum Gasteiger partial charge on any atom is -0.461 e. The molecule has 3 rings (SSSR count). The smallest absolute Gasteiger partial charge is 0.317 e. The fourth-order valence-electron chi connectivity index (χ4n) is 4.31. The summed E-state index contributed by atoms with van der Waals surface area (Å²) in [6.45, 7) is 8.28. The molecule has 0 saturated heterocycles. The van der Waals surface area contributed by atoms with Gasteiger partial charge in [-0.15, -0.1) is 0 Å². The van der Waals surface area contributed by atoms with Crippen molar-refractivity contribution >= 4 is 0 Å². The Morgan fingerprint density at radius 1 is 1.00 bits per heavy atom. The first-order valence-corrected chi connectivity index (χ1v) is 11.3. The molecule has 1 aliphatic rings. The van der Waals surface area contributed by atoms with Crippen molar-refractivity contribution in [3.8, 4) is 6.01 Å². The zero-order valence-electron chi connectivity index (χ0n) is 18.4. The van der Waals surface area contributed by atoms with Crippen LogP contribution in [-0.2, 0) is 6.42 Å². The lowest BCUT2D eigenvalue weighted by Crippen LogP contribution is -2.19. The molecule has 1 unspecified atom stereocenters. The lowest BCUT2D eigenvalue weighted by molar-refractivity contribution is 0.161. The summed E-state index contributed by atoms with van der Waals surface area (Å²) in [5.74, 6) is 0.594. The van der Waals surface area contributed by atoms with Crippen molar-refractivity contribution in [1.82, 2.24) is 9.97 Å². The Morgan fingerprint density at radius 3 is 2.31 bits per heavy atom. The third-order valence-corrected chi connectivity index (χ3v) is 5.75. The number of aliphatic hydroxyl groups is 1. The largest absolute Gasteiger partial charge is 0.461 e. The maximum absolute atomic E-state index is 11.3. The SMILES string of the molecule is CC(C)Oc1nc(C(C)C)c(C(O)CCc2ccccc2)c(C2CCCCC2)n1. The van der Waals surface area contributed by atoms with E-state index in [0.717, 1.165) is 36.2 Å². The molecule has 1 heterocycles. The molecule has 1 atom stereocenters. The molecule has 1 aliphatic carbocycles. The average molecular weight is 397 g/mol. The molecule has 4 nitrogen and oxygen atoms in total. The van der Waals surface area contributed by atoms with Crippen LogP contribution in [0.15, 0.2) is 30.3 Å². The van der Waals surface area contributed by atoms with Crippen molar-refractivity contribution in [1.29, 1.82) is 0 Å². The zero-order valence-corrected chi connectivity index (χ0v) is 18.4. The molecule has 1 aromatic heterocycles. The van der Waals surface area contributed by atoms with Gasteiger partial charge < -0.3 is 9.84 Å². The maximum atomic E-state index is 11.3. The van der Waals surface area contributed by atoms with Gasteiger partial charge in [0.05, 0.1) is 23.6 Å². The average Bonchev–Trinajstić information content (AvgIpc) is 2.72. The Morgan fingerprint density at radius 2 is 1.69 bits per heavy atom. The molecule has 0 aliphatic heterocycles. The topological polar surface area (TPSA) is 55.2 Å². The number of aryl methyl sites for hydroxylation is 1. The van der Waals surface area contributed by atoms with Gasteiger partial charge >= 0.3 is 6.01 Å². The molecule has 0 spiro atoms. The van der Waals surface area contributed by atoms with Crippen LogP contribution >= 0.6 is 0 Å². The fraction of sp³-hybridized carbons (Fsp3) is 0.600. The van der Waals surface area contributed by atoms with Gasteiger partial charge in [0.15, 0.2) is 0 Å². The number of hydrogen-bond donors (Lipinski definition) is 1. The van der Waals surface area contributed by atoms with Gasteiger partial charge in [0.2, 0.25) is 0 Å². The first-order valence-electron chi connectivity index (χ1n) is 11.3. The van der Waals surface area contributed by atoms with E-state index in [1.807, 2.05) is 19.9 Å². The van der Waals surface area contributed by atoms with Gasteiger partial charge in [0.1, 0.15) is 0 Å². The van der Waals surface area contributed by atoms with Crippen LogP contribution in [0.2, 0.25) is 0 Å². The third kappa shape index (κ3) is 5.79. The van der Waals surface area contributed by atoms with Gasteiger partial charge in [-0.05, 0) is 51.0 Å². The summed E-state index contributed by atoms with van der Waals surface area (Å²) in [6.07, 6.45) is 7.00. The van der Waals surface area contributed by atoms with Crippen LogP contribution in [0.4, 0.5) is 0 Å². The standard InChI is InChI=1S/C25H36N2O2/c1-17(2)23-22(21(28)16-15-19-11-7-5-8-12-19)24(20-13-9-6-10-14-20)27-25(26-23)29-18(3)4/h5,7-8,11-12,17-18,20-21,28H,6,9-10,13-16H2,1-4H3. The van der Waals surface area contributed by atoms with E-state index in [9.17, 15) is 5.11 Å². The Hall–Kier alpha value is -1.94. The predicted molar refractivity (Wildman–Crippen MR) is 117 cm³/mol. The Balaban J connectivity index is 1.96. The van der Waals surface area contributed by atoms with Gasteiger partial charge in [0, 0.05) is 11.5 Å². The number of benzene rings is 1. The Labute approximate surface area is 175 Å².